The summed E-state index contributed by atoms with van der Waals surface area (Å²) in [6, 6.07) is 7.82. The first-order chi connectivity index (χ1) is 16.0. The third kappa shape index (κ3) is 3.28. The number of ketones is 1. The van der Waals surface area contributed by atoms with E-state index in [0.29, 0.717) is 30.9 Å². The predicted molar refractivity (Wildman–Crippen MR) is 129 cm³/mol. The lowest BCUT2D eigenvalue weighted by Gasteiger charge is -2.54. The zero-order valence-corrected chi connectivity index (χ0v) is 20.2. The zero-order chi connectivity index (χ0) is 23.2. The summed E-state index contributed by atoms with van der Waals surface area (Å²) in [7, 11) is 3.27. The normalized spacial score (nSPS) is 22.2. The first-order valence-corrected chi connectivity index (χ1v) is 12.6. The fourth-order valence-corrected chi connectivity index (χ4v) is 6.65. The lowest BCUT2D eigenvalue weighted by Crippen LogP contribution is -2.61. The maximum Gasteiger partial charge on any atom is 0.223 e. The van der Waals surface area contributed by atoms with Crippen molar-refractivity contribution in [1.29, 1.82) is 0 Å². The van der Waals surface area contributed by atoms with E-state index in [0.717, 1.165) is 47.2 Å². The Morgan fingerprint density at radius 2 is 2.03 bits per heavy atom. The van der Waals surface area contributed by atoms with E-state index in [4.69, 9.17) is 9.47 Å². The topological polar surface area (TPSA) is 71.6 Å². The third-order valence-corrected chi connectivity index (χ3v) is 8.31. The molecular weight excluding hydrogens is 436 g/mol. The van der Waals surface area contributed by atoms with Gasteiger partial charge in [0.2, 0.25) is 5.91 Å². The summed E-state index contributed by atoms with van der Waals surface area (Å²) in [5.41, 5.74) is 2.52. The second-order valence-corrected chi connectivity index (χ2v) is 9.94. The molecule has 1 amide bonds. The first kappa shape index (κ1) is 22.0. The van der Waals surface area contributed by atoms with Crippen molar-refractivity contribution in [3.8, 4) is 11.5 Å². The number of nitrogens with one attached hydrogen (secondary N) is 1. The molecule has 1 N–H and O–H groups in total. The predicted octanol–water partition coefficient (Wildman–Crippen LogP) is 5.31. The third-order valence-electron chi connectivity index (χ3n) is 7.43. The van der Waals surface area contributed by atoms with Crippen molar-refractivity contribution < 1.29 is 19.1 Å². The number of benzene rings is 1. The van der Waals surface area contributed by atoms with E-state index in [-0.39, 0.29) is 17.6 Å². The molecule has 2 unspecified atom stereocenters. The van der Waals surface area contributed by atoms with Crippen LogP contribution in [0.15, 0.2) is 29.6 Å². The van der Waals surface area contributed by atoms with Gasteiger partial charge in [-0.25, -0.2) is 0 Å². The van der Waals surface area contributed by atoms with E-state index in [1.807, 2.05) is 34.5 Å². The minimum absolute atomic E-state index is 0.153. The Balaban J connectivity index is 1.75. The maximum absolute atomic E-state index is 13.8. The lowest BCUT2D eigenvalue weighted by molar-refractivity contribution is -0.148. The van der Waals surface area contributed by atoms with Crippen LogP contribution in [0.1, 0.15) is 60.0 Å². The molecule has 3 aromatic rings. The summed E-state index contributed by atoms with van der Waals surface area (Å²) >= 11 is 1.49. The van der Waals surface area contributed by atoms with Crippen molar-refractivity contribution in [1.82, 2.24) is 9.88 Å². The minimum atomic E-state index is -0.653. The summed E-state index contributed by atoms with van der Waals surface area (Å²) in [4.78, 5) is 33.5. The number of ether oxygens (including phenoxy) is 2. The van der Waals surface area contributed by atoms with Gasteiger partial charge >= 0.3 is 0 Å². The molecule has 0 bridgehead atoms. The van der Waals surface area contributed by atoms with Crippen LogP contribution in [0, 0.1) is 5.92 Å². The second-order valence-electron chi connectivity index (χ2n) is 8.99. The molecule has 174 valence electrons. The average Bonchev–Trinajstić information content (AvgIpc) is 3.50. The molecule has 1 fully saturated rings. The number of aromatic nitrogens is 1. The van der Waals surface area contributed by atoms with E-state index in [2.05, 4.69) is 11.9 Å². The molecule has 2 aliphatic rings. The number of Topliss-reactive ketones (excluding diaryl/α,β-unsaturated/α-hetero) is 1. The van der Waals surface area contributed by atoms with Crippen LogP contribution in [-0.4, -0.2) is 42.3 Å². The number of piperidine rings is 1. The highest BCUT2D eigenvalue weighted by atomic mass is 32.1. The van der Waals surface area contributed by atoms with Crippen LogP contribution in [0.5, 0.6) is 11.5 Å². The van der Waals surface area contributed by atoms with E-state index in [1.165, 1.54) is 16.9 Å². The number of amides is 1. The molecule has 0 saturated carbocycles. The number of carbonyl (C=O) groups is 2. The molecule has 33 heavy (non-hydrogen) atoms. The number of fused-ring (bicyclic) bond motifs is 5. The van der Waals surface area contributed by atoms with Gasteiger partial charge in [0.25, 0.3) is 0 Å². The summed E-state index contributed by atoms with van der Waals surface area (Å²) in [5.74, 6) is 1.38. The van der Waals surface area contributed by atoms with Crippen LogP contribution < -0.4 is 9.47 Å². The second kappa shape index (κ2) is 8.52. The quantitative estimate of drug-likeness (QED) is 0.479. The number of hydrogen-bond acceptors (Lipinski definition) is 5. The Bertz CT molecular complexity index is 1200. The van der Waals surface area contributed by atoms with Crippen LogP contribution in [0.3, 0.4) is 0 Å². The van der Waals surface area contributed by atoms with E-state index in [1.54, 1.807) is 14.2 Å². The number of unbranched alkanes of at least 4 members (excludes halogenated alkanes) is 1. The Kier molecular flexibility index (Phi) is 5.69. The van der Waals surface area contributed by atoms with Gasteiger partial charge < -0.3 is 19.4 Å². The highest BCUT2D eigenvalue weighted by Crippen LogP contribution is 2.52. The van der Waals surface area contributed by atoms with Crippen molar-refractivity contribution in [3.63, 3.8) is 0 Å². The van der Waals surface area contributed by atoms with Gasteiger partial charge in [-0.05, 0) is 42.3 Å². The number of rotatable bonds is 7. The van der Waals surface area contributed by atoms with Gasteiger partial charge in [0.1, 0.15) is 0 Å². The smallest absolute Gasteiger partial charge is 0.223 e. The van der Waals surface area contributed by atoms with Crippen LogP contribution in [0.4, 0.5) is 0 Å². The van der Waals surface area contributed by atoms with Gasteiger partial charge in [0.05, 0.1) is 30.6 Å². The number of carbonyl (C=O) groups excluding carboxylic acids is 2. The molecule has 6 nitrogen and oxygen atoms in total. The molecule has 0 aliphatic carbocycles. The fraction of sp³-hybridized carbons (Fsp3) is 0.462. The highest BCUT2D eigenvalue weighted by Gasteiger charge is 2.56. The Morgan fingerprint density at radius 1 is 1.24 bits per heavy atom. The molecule has 2 atom stereocenters. The fourth-order valence-electron chi connectivity index (χ4n) is 5.93. The SMILES string of the molecule is CCCCC12c3[nH]c4cc(OC)c(OC)cc4c3CCN1C(=O)CCC2C(=O)c1cccs1. The molecule has 4 heterocycles. The molecule has 5 rings (SSSR count). The monoisotopic (exact) mass is 466 g/mol. The minimum Gasteiger partial charge on any atom is -0.493 e. The van der Waals surface area contributed by atoms with Gasteiger partial charge in [0.15, 0.2) is 17.3 Å². The van der Waals surface area contributed by atoms with Crippen LogP contribution in [0.2, 0.25) is 0 Å². The molecule has 1 saturated heterocycles. The Morgan fingerprint density at radius 3 is 2.73 bits per heavy atom. The van der Waals surface area contributed by atoms with Crippen LogP contribution in [0.25, 0.3) is 10.9 Å². The van der Waals surface area contributed by atoms with Crippen molar-refractivity contribution >= 4 is 33.9 Å². The van der Waals surface area contributed by atoms with E-state index < -0.39 is 5.54 Å². The maximum atomic E-state index is 13.8. The van der Waals surface area contributed by atoms with Gasteiger partial charge in [-0.15, -0.1) is 11.3 Å². The first-order valence-electron chi connectivity index (χ1n) is 11.7. The molecule has 2 aromatic heterocycles. The summed E-state index contributed by atoms with van der Waals surface area (Å²) in [6.07, 6.45) is 4.47. The number of aromatic amines is 1. The van der Waals surface area contributed by atoms with Crippen molar-refractivity contribution in [2.24, 2.45) is 5.92 Å². The summed E-state index contributed by atoms with van der Waals surface area (Å²) < 4.78 is 11.1. The van der Waals surface area contributed by atoms with E-state index in [9.17, 15) is 9.59 Å². The molecule has 0 radical (unpaired) electrons. The van der Waals surface area contributed by atoms with Gasteiger partial charge in [-0.1, -0.05) is 25.8 Å². The number of nitrogens with zero attached hydrogens (tertiary/aromatic N) is 1. The largest absolute Gasteiger partial charge is 0.493 e. The highest BCUT2D eigenvalue weighted by molar-refractivity contribution is 7.12. The van der Waals surface area contributed by atoms with Crippen molar-refractivity contribution in [2.45, 2.75) is 51.0 Å². The molecular formula is C26H30N2O4S. The van der Waals surface area contributed by atoms with Gasteiger partial charge in [-0.2, -0.15) is 0 Å². The van der Waals surface area contributed by atoms with Gasteiger partial charge in [-0.3, -0.25) is 9.59 Å². The summed E-state index contributed by atoms with van der Waals surface area (Å²) in [6.45, 7) is 2.79. The molecule has 0 spiro atoms. The van der Waals surface area contributed by atoms with Crippen LogP contribution in [-0.2, 0) is 16.8 Å². The Hall–Kier alpha value is -2.80. The number of thiophene rings is 1. The average molecular weight is 467 g/mol. The van der Waals surface area contributed by atoms with Crippen molar-refractivity contribution in [2.75, 3.05) is 20.8 Å². The Labute approximate surface area is 197 Å². The lowest BCUT2D eigenvalue weighted by atomic mass is 9.66. The van der Waals surface area contributed by atoms with Crippen LogP contribution >= 0.6 is 11.3 Å². The molecule has 1 aromatic carbocycles. The number of methoxy groups -OCH3 is 2. The zero-order valence-electron chi connectivity index (χ0n) is 19.4. The molecule has 2 aliphatic heterocycles. The van der Waals surface area contributed by atoms with E-state index >= 15 is 0 Å². The molecule has 7 heteroatoms. The standard InChI is InChI=1S/C26H30N2O4S/c1-4-5-11-26-18(24(30)22-7-6-13-33-22)8-9-23(29)28(26)12-10-16-17-14-20(31-2)21(32-3)15-19(17)27-25(16)26/h6-7,13-15,18,27H,4-5,8-12H2,1-3H3. The number of H-pyrrole nitrogens is 1. The number of hydrogen-bond donors (Lipinski definition) is 1. The van der Waals surface area contributed by atoms with Gasteiger partial charge in [0, 0.05) is 35.6 Å². The van der Waals surface area contributed by atoms with Crippen molar-refractivity contribution in [3.05, 3.63) is 45.8 Å². The summed E-state index contributed by atoms with van der Waals surface area (Å²) in [5, 5.41) is 3.03.